The van der Waals surface area contributed by atoms with Crippen molar-refractivity contribution in [3.8, 4) is 0 Å². The summed E-state index contributed by atoms with van der Waals surface area (Å²) in [6.07, 6.45) is 8.24. The molecule has 1 fully saturated rings. The third-order valence-corrected chi connectivity index (χ3v) is 4.11. The van der Waals surface area contributed by atoms with E-state index in [9.17, 15) is 0 Å². The van der Waals surface area contributed by atoms with E-state index >= 15 is 0 Å². The number of hydrogen-bond acceptors (Lipinski definition) is 4. The van der Waals surface area contributed by atoms with Crippen LogP contribution in [0.4, 0.5) is 11.4 Å². The summed E-state index contributed by atoms with van der Waals surface area (Å²) in [6.45, 7) is 1.00. The molecule has 1 aliphatic carbocycles. The second-order valence-electron chi connectivity index (χ2n) is 3.70. The summed E-state index contributed by atoms with van der Waals surface area (Å²) < 4.78 is 0.468. The Kier molecular flexibility index (Phi) is 2.54. The molecule has 3 nitrogen and oxygen atoms in total. The lowest BCUT2D eigenvalue weighted by molar-refractivity contribution is 0.949. The van der Waals surface area contributed by atoms with Crippen molar-refractivity contribution in [1.29, 1.82) is 0 Å². The molecule has 0 bridgehead atoms. The maximum absolute atomic E-state index is 5.78. The van der Waals surface area contributed by atoms with Gasteiger partial charge in [0.2, 0.25) is 0 Å². The van der Waals surface area contributed by atoms with E-state index in [1.165, 1.54) is 12.8 Å². The number of nitrogens with one attached hydrogen (secondary N) is 1. The molecule has 0 radical (unpaired) electrons. The molecule has 4 heteroatoms. The molecule has 0 aromatic carbocycles. The lowest BCUT2D eigenvalue weighted by Gasteiger charge is -2.14. The summed E-state index contributed by atoms with van der Waals surface area (Å²) in [5.74, 6) is 0. The third-order valence-electron chi connectivity index (χ3n) is 2.69. The van der Waals surface area contributed by atoms with Crippen LogP contribution >= 0.6 is 11.8 Å². The van der Waals surface area contributed by atoms with Crippen molar-refractivity contribution < 1.29 is 0 Å². The van der Waals surface area contributed by atoms with E-state index in [1.54, 1.807) is 12.4 Å². The molecule has 76 valence electrons. The van der Waals surface area contributed by atoms with Crippen LogP contribution in [0.25, 0.3) is 0 Å². The number of nitrogen functional groups attached to an aromatic ring is 1. The average Bonchev–Trinajstić information content (AvgIpc) is 2.98. The zero-order valence-electron chi connectivity index (χ0n) is 8.29. The van der Waals surface area contributed by atoms with Gasteiger partial charge in [0.1, 0.15) is 0 Å². The third kappa shape index (κ3) is 1.95. The van der Waals surface area contributed by atoms with Gasteiger partial charge in [-0.3, -0.25) is 4.98 Å². The Labute approximate surface area is 88.5 Å². The molecule has 2 rings (SSSR count). The van der Waals surface area contributed by atoms with E-state index in [2.05, 4.69) is 16.6 Å². The predicted octanol–water partition coefficient (Wildman–Crippen LogP) is 1.97. The van der Waals surface area contributed by atoms with E-state index in [0.29, 0.717) is 4.75 Å². The molecule has 0 saturated heterocycles. The highest BCUT2D eigenvalue weighted by atomic mass is 32.2. The minimum Gasteiger partial charge on any atom is -0.396 e. The Hall–Kier alpha value is -0.900. The summed E-state index contributed by atoms with van der Waals surface area (Å²) in [7, 11) is 0. The first-order chi connectivity index (χ1) is 6.76. The van der Waals surface area contributed by atoms with E-state index in [1.807, 2.05) is 17.8 Å². The summed E-state index contributed by atoms with van der Waals surface area (Å²) in [6, 6.07) is 1.92. The van der Waals surface area contributed by atoms with Gasteiger partial charge in [-0.2, -0.15) is 11.8 Å². The van der Waals surface area contributed by atoms with Crippen molar-refractivity contribution in [2.75, 3.05) is 23.9 Å². The van der Waals surface area contributed by atoms with Gasteiger partial charge in [-0.15, -0.1) is 0 Å². The van der Waals surface area contributed by atoms with Crippen LogP contribution in [0.2, 0.25) is 0 Å². The highest BCUT2D eigenvalue weighted by Gasteiger charge is 2.41. The predicted molar refractivity (Wildman–Crippen MR) is 62.6 cm³/mol. The van der Waals surface area contributed by atoms with Gasteiger partial charge in [0.15, 0.2) is 0 Å². The van der Waals surface area contributed by atoms with Crippen LogP contribution in [0.3, 0.4) is 0 Å². The molecule has 0 atom stereocenters. The molecule has 0 amide bonds. The van der Waals surface area contributed by atoms with Gasteiger partial charge < -0.3 is 11.1 Å². The molecule has 3 N–H and O–H groups in total. The lowest BCUT2D eigenvalue weighted by Crippen LogP contribution is -2.18. The number of pyridine rings is 1. The fourth-order valence-corrected chi connectivity index (χ4v) is 2.14. The average molecular weight is 209 g/mol. The van der Waals surface area contributed by atoms with Crippen LogP contribution in [0.1, 0.15) is 12.8 Å². The first-order valence-corrected chi connectivity index (χ1v) is 5.97. The topological polar surface area (TPSA) is 50.9 Å². The smallest absolute Gasteiger partial charge is 0.0736 e. The standard InChI is InChI=1S/C10H15N3S/c1-14-10(3-4-10)7-13-9-2-5-12-6-8(9)11/h2,5-6H,3-4,7,11H2,1H3,(H,12,13). The Morgan fingerprint density at radius 3 is 3.00 bits per heavy atom. The first-order valence-electron chi connectivity index (χ1n) is 4.74. The zero-order chi connectivity index (χ0) is 10.0. The number of hydrogen-bond donors (Lipinski definition) is 2. The summed E-state index contributed by atoms with van der Waals surface area (Å²) in [5.41, 5.74) is 7.51. The molecule has 0 aliphatic heterocycles. The maximum Gasteiger partial charge on any atom is 0.0736 e. The van der Waals surface area contributed by atoms with E-state index in [0.717, 1.165) is 17.9 Å². The summed E-state index contributed by atoms with van der Waals surface area (Å²) in [4.78, 5) is 3.95. The van der Waals surface area contributed by atoms with Crippen molar-refractivity contribution >= 4 is 23.1 Å². The van der Waals surface area contributed by atoms with Crippen molar-refractivity contribution in [2.45, 2.75) is 17.6 Å². The van der Waals surface area contributed by atoms with E-state index < -0.39 is 0 Å². The number of nitrogens with two attached hydrogens (primary N) is 1. The van der Waals surface area contributed by atoms with Gasteiger partial charge in [0.05, 0.1) is 17.6 Å². The van der Waals surface area contributed by atoms with Crippen molar-refractivity contribution in [3.63, 3.8) is 0 Å². The monoisotopic (exact) mass is 209 g/mol. The Morgan fingerprint density at radius 2 is 2.43 bits per heavy atom. The SMILES string of the molecule is CSC1(CNc2ccncc2N)CC1. The Bertz CT molecular complexity index is 323. The molecule has 14 heavy (non-hydrogen) atoms. The van der Waals surface area contributed by atoms with Crippen molar-refractivity contribution in [3.05, 3.63) is 18.5 Å². The van der Waals surface area contributed by atoms with Crippen molar-refractivity contribution in [2.24, 2.45) is 0 Å². The highest BCUT2D eigenvalue weighted by Crippen LogP contribution is 2.47. The molecule has 1 aliphatic rings. The normalized spacial score (nSPS) is 17.8. The highest BCUT2D eigenvalue weighted by molar-refractivity contribution is 8.00. The maximum atomic E-state index is 5.78. The van der Waals surface area contributed by atoms with Gasteiger partial charge in [-0.1, -0.05) is 0 Å². The molecule has 1 aromatic rings. The zero-order valence-corrected chi connectivity index (χ0v) is 9.10. The van der Waals surface area contributed by atoms with Gasteiger partial charge in [-0.25, -0.2) is 0 Å². The van der Waals surface area contributed by atoms with Gasteiger partial charge >= 0.3 is 0 Å². The molecule has 0 spiro atoms. The van der Waals surface area contributed by atoms with Gasteiger partial charge in [0.25, 0.3) is 0 Å². The minimum absolute atomic E-state index is 0.468. The molecule has 0 unspecified atom stereocenters. The van der Waals surface area contributed by atoms with Gasteiger partial charge in [-0.05, 0) is 25.2 Å². The number of thioether (sulfide) groups is 1. The molecular formula is C10H15N3S. The number of nitrogens with zero attached hydrogens (tertiary/aromatic N) is 1. The molecule has 1 heterocycles. The van der Waals surface area contributed by atoms with Crippen LogP contribution in [-0.2, 0) is 0 Å². The van der Waals surface area contributed by atoms with Gasteiger partial charge in [0, 0.05) is 17.5 Å². The fraction of sp³-hybridized carbons (Fsp3) is 0.500. The van der Waals surface area contributed by atoms with Crippen molar-refractivity contribution in [1.82, 2.24) is 4.98 Å². The summed E-state index contributed by atoms with van der Waals surface area (Å²) >= 11 is 1.94. The fourth-order valence-electron chi connectivity index (χ4n) is 1.42. The Morgan fingerprint density at radius 1 is 1.64 bits per heavy atom. The lowest BCUT2D eigenvalue weighted by atomic mass is 10.3. The van der Waals surface area contributed by atoms with E-state index in [4.69, 9.17) is 5.73 Å². The number of aromatic nitrogens is 1. The van der Waals surface area contributed by atoms with Crippen LogP contribution in [0, 0.1) is 0 Å². The van der Waals surface area contributed by atoms with Crippen LogP contribution < -0.4 is 11.1 Å². The second-order valence-corrected chi connectivity index (χ2v) is 4.98. The molecule has 1 saturated carbocycles. The van der Waals surface area contributed by atoms with Crippen LogP contribution in [-0.4, -0.2) is 22.5 Å². The number of anilines is 2. The second kappa shape index (κ2) is 3.69. The van der Waals surface area contributed by atoms with Crippen LogP contribution in [0.5, 0.6) is 0 Å². The first kappa shape index (κ1) is 9.65. The van der Waals surface area contributed by atoms with E-state index in [-0.39, 0.29) is 0 Å². The van der Waals surface area contributed by atoms with Crippen LogP contribution in [0.15, 0.2) is 18.5 Å². The number of rotatable bonds is 4. The summed E-state index contributed by atoms with van der Waals surface area (Å²) in [5, 5.41) is 3.38. The molecule has 1 aromatic heterocycles. The quantitative estimate of drug-likeness (QED) is 0.796. The molecular weight excluding hydrogens is 194 g/mol. The largest absolute Gasteiger partial charge is 0.396 e. The minimum atomic E-state index is 0.468. The Balaban J connectivity index is 1.95.